The molecule has 4 nitrogen and oxygen atoms in total. The van der Waals surface area contributed by atoms with Gasteiger partial charge in [0.05, 0.1) is 0 Å². The Balaban J connectivity index is 0.000000217. The summed E-state index contributed by atoms with van der Waals surface area (Å²) in [4.78, 5) is 3.88. The predicted octanol–water partition coefficient (Wildman–Crippen LogP) is 1.42. The molecule has 0 aliphatic carbocycles. The SMILES string of the molecule is Cc1cccnc1.O=S(=O)(O)Cl. The van der Waals surface area contributed by atoms with Crippen molar-refractivity contribution in [1.82, 2.24) is 4.98 Å². The molecule has 12 heavy (non-hydrogen) atoms. The number of hydrogen-bond donors (Lipinski definition) is 1. The average molecular weight is 210 g/mol. The molecular formula is C6H8ClNO3S. The number of rotatable bonds is 0. The summed E-state index contributed by atoms with van der Waals surface area (Å²) >= 11 is 0. The number of nitrogens with zero attached hydrogens (tertiary/aromatic N) is 1. The molecule has 1 aromatic heterocycles. The molecule has 0 radical (unpaired) electrons. The summed E-state index contributed by atoms with van der Waals surface area (Å²) in [6, 6.07) is 3.95. The highest BCUT2D eigenvalue weighted by Crippen LogP contribution is 1.88. The van der Waals surface area contributed by atoms with E-state index < -0.39 is 9.33 Å². The van der Waals surface area contributed by atoms with Crippen LogP contribution in [0.3, 0.4) is 0 Å². The van der Waals surface area contributed by atoms with E-state index in [-0.39, 0.29) is 0 Å². The minimum absolute atomic E-state index is 1.21. The van der Waals surface area contributed by atoms with E-state index in [0.29, 0.717) is 0 Å². The van der Waals surface area contributed by atoms with Crippen LogP contribution in [0.25, 0.3) is 0 Å². The zero-order valence-electron chi connectivity index (χ0n) is 6.31. The average Bonchev–Trinajstić information content (AvgIpc) is 1.85. The first-order chi connectivity index (χ1) is 5.39. The number of aromatic nitrogens is 1. The fourth-order valence-electron chi connectivity index (χ4n) is 0.448. The van der Waals surface area contributed by atoms with E-state index >= 15 is 0 Å². The van der Waals surface area contributed by atoms with E-state index in [1.54, 1.807) is 6.20 Å². The topological polar surface area (TPSA) is 67.3 Å². The third-order valence-electron chi connectivity index (χ3n) is 0.809. The lowest BCUT2D eigenvalue weighted by atomic mass is 10.3. The van der Waals surface area contributed by atoms with Crippen molar-refractivity contribution >= 4 is 20.0 Å². The fraction of sp³-hybridized carbons (Fsp3) is 0.167. The van der Waals surface area contributed by atoms with E-state index in [1.807, 2.05) is 25.3 Å². The highest BCUT2D eigenvalue weighted by Gasteiger charge is 1.86. The van der Waals surface area contributed by atoms with Gasteiger partial charge in [0.25, 0.3) is 0 Å². The molecule has 0 aliphatic heterocycles. The Morgan fingerprint density at radius 1 is 1.58 bits per heavy atom. The molecule has 68 valence electrons. The van der Waals surface area contributed by atoms with Crippen LogP contribution in [0.2, 0.25) is 0 Å². The Morgan fingerprint density at radius 3 is 2.25 bits per heavy atom. The molecule has 1 N–H and O–H groups in total. The van der Waals surface area contributed by atoms with Gasteiger partial charge in [0, 0.05) is 23.1 Å². The summed E-state index contributed by atoms with van der Waals surface area (Å²) in [5.41, 5.74) is 1.21. The summed E-state index contributed by atoms with van der Waals surface area (Å²) < 4.78 is 25.2. The molecule has 1 rings (SSSR count). The normalized spacial score (nSPS) is 9.92. The maximum Gasteiger partial charge on any atom is 0.353 e. The Kier molecular flexibility index (Phi) is 4.80. The van der Waals surface area contributed by atoms with Gasteiger partial charge in [-0.2, -0.15) is 8.42 Å². The molecular weight excluding hydrogens is 202 g/mol. The molecule has 0 saturated heterocycles. The quantitative estimate of drug-likeness (QED) is 0.518. The molecule has 0 spiro atoms. The first-order valence-electron chi connectivity index (χ1n) is 2.93. The summed E-state index contributed by atoms with van der Waals surface area (Å²) in [5.74, 6) is 0. The second-order valence-electron chi connectivity index (χ2n) is 1.94. The molecule has 0 aromatic carbocycles. The van der Waals surface area contributed by atoms with E-state index in [9.17, 15) is 0 Å². The van der Waals surface area contributed by atoms with Gasteiger partial charge >= 0.3 is 9.33 Å². The highest BCUT2D eigenvalue weighted by molar-refractivity contribution is 8.09. The van der Waals surface area contributed by atoms with E-state index in [4.69, 9.17) is 13.0 Å². The van der Waals surface area contributed by atoms with Gasteiger partial charge in [0.15, 0.2) is 0 Å². The van der Waals surface area contributed by atoms with E-state index in [2.05, 4.69) is 15.7 Å². The summed E-state index contributed by atoms with van der Waals surface area (Å²) in [7, 11) is -0.137. The van der Waals surface area contributed by atoms with Crippen molar-refractivity contribution in [3.8, 4) is 0 Å². The Bertz CT molecular complexity index is 303. The number of hydrogen-bond acceptors (Lipinski definition) is 3. The maximum absolute atomic E-state index is 8.95. The van der Waals surface area contributed by atoms with E-state index in [1.165, 1.54) is 5.56 Å². The van der Waals surface area contributed by atoms with Crippen molar-refractivity contribution in [1.29, 1.82) is 0 Å². The zero-order chi connectivity index (χ0) is 9.61. The van der Waals surface area contributed by atoms with Crippen molar-refractivity contribution < 1.29 is 13.0 Å². The highest BCUT2D eigenvalue weighted by atomic mass is 35.7. The second-order valence-corrected chi connectivity index (χ2v) is 3.94. The monoisotopic (exact) mass is 209 g/mol. The van der Waals surface area contributed by atoms with Crippen LogP contribution in [0, 0.1) is 6.92 Å². The standard InChI is InChI=1S/C6H7N.ClHO3S/c1-6-3-2-4-7-5-6;1-5(2,3)4/h2-5H,1H3;(H,2,3,4). The van der Waals surface area contributed by atoms with Gasteiger partial charge in [-0.05, 0) is 18.6 Å². The van der Waals surface area contributed by atoms with Gasteiger partial charge in [-0.3, -0.25) is 9.54 Å². The van der Waals surface area contributed by atoms with Crippen molar-refractivity contribution in [3.63, 3.8) is 0 Å². The van der Waals surface area contributed by atoms with Crippen molar-refractivity contribution in [2.75, 3.05) is 0 Å². The molecule has 0 saturated carbocycles. The molecule has 0 amide bonds. The lowest BCUT2D eigenvalue weighted by molar-refractivity contribution is 0.501. The number of halogens is 1. The van der Waals surface area contributed by atoms with Crippen molar-refractivity contribution in [3.05, 3.63) is 30.1 Å². The predicted molar refractivity (Wildman–Crippen MR) is 46.4 cm³/mol. The molecule has 6 heteroatoms. The lowest BCUT2D eigenvalue weighted by Crippen LogP contribution is -1.77. The first kappa shape index (κ1) is 11.4. The third kappa shape index (κ3) is 12.1. The maximum atomic E-state index is 8.95. The Morgan fingerprint density at radius 2 is 2.08 bits per heavy atom. The Hall–Kier alpha value is -0.650. The molecule has 0 atom stereocenters. The fourth-order valence-corrected chi connectivity index (χ4v) is 0.448. The summed E-state index contributed by atoms with van der Waals surface area (Å²) in [6.45, 7) is 2.02. The van der Waals surface area contributed by atoms with Gasteiger partial charge in [-0.15, -0.1) is 0 Å². The van der Waals surface area contributed by atoms with Crippen LogP contribution < -0.4 is 0 Å². The lowest BCUT2D eigenvalue weighted by Gasteiger charge is -1.82. The number of pyridine rings is 1. The summed E-state index contributed by atoms with van der Waals surface area (Å²) in [5, 5.41) is 0. The molecule has 1 aromatic rings. The molecule has 0 fully saturated rings. The van der Waals surface area contributed by atoms with Crippen molar-refractivity contribution in [2.24, 2.45) is 0 Å². The third-order valence-corrected chi connectivity index (χ3v) is 0.809. The van der Waals surface area contributed by atoms with Gasteiger partial charge in [0.1, 0.15) is 0 Å². The molecule has 0 unspecified atom stereocenters. The zero-order valence-corrected chi connectivity index (χ0v) is 7.88. The van der Waals surface area contributed by atoms with Gasteiger partial charge in [-0.1, -0.05) is 6.07 Å². The number of aryl methyl sites for hydroxylation is 1. The van der Waals surface area contributed by atoms with Crippen LogP contribution in [0.5, 0.6) is 0 Å². The Labute approximate surface area is 75.5 Å². The van der Waals surface area contributed by atoms with Crippen LogP contribution in [0.15, 0.2) is 24.5 Å². The van der Waals surface area contributed by atoms with Crippen molar-refractivity contribution in [2.45, 2.75) is 6.92 Å². The van der Waals surface area contributed by atoms with Crippen LogP contribution in [0.4, 0.5) is 0 Å². The minimum Gasteiger partial charge on any atom is -0.273 e. The molecule has 0 aliphatic rings. The second kappa shape index (κ2) is 5.08. The van der Waals surface area contributed by atoms with Crippen LogP contribution in [-0.2, 0) is 9.33 Å². The largest absolute Gasteiger partial charge is 0.353 e. The molecule has 1 heterocycles. The van der Waals surface area contributed by atoms with Gasteiger partial charge in [-0.25, -0.2) is 0 Å². The van der Waals surface area contributed by atoms with Gasteiger partial charge in [0.2, 0.25) is 0 Å². The first-order valence-corrected chi connectivity index (χ1v) is 5.20. The summed E-state index contributed by atoms with van der Waals surface area (Å²) in [6.07, 6.45) is 3.60. The van der Waals surface area contributed by atoms with Crippen LogP contribution in [-0.4, -0.2) is 18.0 Å². The minimum atomic E-state index is -4.19. The van der Waals surface area contributed by atoms with Crippen LogP contribution >= 0.6 is 10.7 Å². The smallest absolute Gasteiger partial charge is 0.273 e. The van der Waals surface area contributed by atoms with E-state index in [0.717, 1.165) is 0 Å². The molecule has 0 bridgehead atoms. The van der Waals surface area contributed by atoms with Crippen LogP contribution in [0.1, 0.15) is 5.56 Å². The van der Waals surface area contributed by atoms with Gasteiger partial charge < -0.3 is 0 Å².